The van der Waals surface area contributed by atoms with E-state index in [0.29, 0.717) is 37.0 Å². The van der Waals surface area contributed by atoms with Gasteiger partial charge in [0.15, 0.2) is 0 Å². The topological polar surface area (TPSA) is 95.5 Å². The predicted molar refractivity (Wildman–Crippen MR) is 106 cm³/mol. The number of carbonyl (C=O) groups is 2. The largest absolute Gasteiger partial charge is 0.339 e. The van der Waals surface area contributed by atoms with Crippen molar-refractivity contribution in [1.82, 2.24) is 19.6 Å². The quantitative estimate of drug-likeness (QED) is 0.844. The maximum absolute atomic E-state index is 12.5. The van der Waals surface area contributed by atoms with Gasteiger partial charge >= 0.3 is 0 Å². The Bertz CT molecular complexity index is 1010. The van der Waals surface area contributed by atoms with E-state index in [-0.39, 0.29) is 35.9 Å². The predicted octanol–water partition coefficient (Wildman–Crippen LogP) is 0.797. The third-order valence-corrected chi connectivity index (χ3v) is 4.99. The van der Waals surface area contributed by atoms with Gasteiger partial charge in [-0.1, -0.05) is 32.9 Å². The van der Waals surface area contributed by atoms with E-state index in [9.17, 15) is 19.2 Å². The van der Waals surface area contributed by atoms with Crippen LogP contribution in [0, 0.1) is 5.41 Å². The van der Waals surface area contributed by atoms with E-state index in [4.69, 9.17) is 0 Å². The number of hydrogen-bond donors (Lipinski definition) is 1. The highest BCUT2D eigenvalue weighted by molar-refractivity contribution is 5.82. The molecule has 28 heavy (non-hydrogen) atoms. The number of aromatic nitrogens is 2. The summed E-state index contributed by atoms with van der Waals surface area (Å²) in [4.78, 5) is 53.0. The number of aryl methyl sites for hydroxylation is 1. The van der Waals surface area contributed by atoms with Gasteiger partial charge in [0.25, 0.3) is 11.1 Å². The molecule has 1 aliphatic rings. The maximum atomic E-state index is 12.5. The van der Waals surface area contributed by atoms with Gasteiger partial charge in [-0.3, -0.25) is 24.3 Å². The van der Waals surface area contributed by atoms with Gasteiger partial charge in [0.1, 0.15) is 0 Å². The Morgan fingerprint density at radius 2 is 1.54 bits per heavy atom. The molecule has 1 fully saturated rings. The fourth-order valence-electron chi connectivity index (χ4n) is 3.40. The SMILES string of the molecule is CC(C)(C)C(=O)N1CCN(C(=O)CCn2[nH]c(=O)c3ccccc3c2=O)CC1. The Hall–Kier alpha value is -2.90. The minimum atomic E-state index is -0.435. The number of rotatable bonds is 3. The summed E-state index contributed by atoms with van der Waals surface area (Å²) in [6, 6.07) is 6.62. The monoisotopic (exact) mass is 386 g/mol. The first kappa shape index (κ1) is 19.9. The summed E-state index contributed by atoms with van der Waals surface area (Å²) < 4.78 is 1.20. The van der Waals surface area contributed by atoms with Crippen LogP contribution >= 0.6 is 0 Å². The average molecular weight is 386 g/mol. The maximum Gasteiger partial charge on any atom is 0.273 e. The van der Waals surface area contributed by atoms with Crippen LogP contribution in [0.2, 0.25) is 0 Å². The number of aromatic amines is 1. The van der Waals surface area contributed by atoms with Crippen LogP contribution in [0.5, 0.6) is 0 Å². The number of piperazine rings is 1. The van der Waals surface area contributed by atoms with Crippen molar-refractivity contribution in [3.8, 4) is 0 Å². The fraction of sp³-hybridized carbons (Fsp3) is 0.500. The Labute approximate surface area is 162 Å². The van der Waals surface area contributed by atoms with E-state index in [1.807, 2.05) is 20.8 Å². The van der Waals surface area contributed by atoms with Gasteiger partial charge in [-0.15, -0.1) is 0 Å². The van der Waals surface area contributed by atoms with E-state index in [1.165, 1.54) is 4.68 Å². The first-order valence-electron chi connectivity index (χ1n) is 9.47. The highest BCUT2D eigenvalue weighted by Gasteiger charge is 2.30. The van der Waals surface area contributed by atoms with Gasteiger partial charge in [-0.05, 0) is 12.1 Å². The molecule has 0 saturated carbocycles. The molecule has 8 nitrogen and oxygen atoms in total. The number of amides is 2. The molecule has 0 spiro atoms. The molecule has 150 valence electrons. The summed E-state index contributed by atoms with van der Waals surface area (Å²) in [6.45, 7) is 7.73. The van der Waals surface area contributed by atoms with Crippen molar-refractivity contribution in [2.45, 2.75) is 33.7 Å². The normalized spacial score (nSPS) is 15.1. The molecule has 2 heterocycles. The summed E-state index contributed by atoms with van der Waals surface area (Å²) in [5.41, 5.74) is -1.10. The van der Waals surface area contributed by atoms with Gasteiger partial charge in [0, 0.05) is 38.0 Å². The van der Waals surface area contributed by atoms with Crippen LogP contribution in [0.1, 0.15) is 27.2 Å². The van der Waals surface area contributed by atoms with Gasteiger partial charge in [0.05, 0.1) is 17.3 Å². The molecular weight excluding hydrogens is 360 g/mol. The second kappa shape index (κ2) is 7.61. The van der Waals surface area contributed by atoms with Gasteiger partial charge in [-0.2, -0.15) is 0 Å². The van der Waals surface area contributed by atoms with Gasteiger partial charge in [-0.25, -0.2) is 4.68 Å². The number of carbonyl (C=O) groups excluding carboxylic acids is 2. The minimum Gasteiger partial charge on any atom is -0.339 e. The van der Waals surface area contributed by atoms with E-state index in [1.54, 1.807) is 34.1 Å². The molecule has 0 radical (unpaired) electrons. The summed E-state index contributed by atoms with van der Waals surface area (Å²) in [5.74, 6) is -0.0105. The van der Waals surface area contributed by atoms with Crippen LogP contribution in [0.25, 0.3) is 10.8 Å². The summed E-state index contributed by atoms with van der Waals surface area (Å²) in [7, 11) is 0. The lowest BCUT2D eigenvalue weighted by molar-refractivity contribution is -0.145. The minimum absolute atomic E-state index is 0.0832. The van der Waals surface area contributed by atoms with Crippen molar-refractivity contribution < 1.29 is 9.59 Å². The Balaban J connectivity index is 1.62. The second-order valence-corrected chi connectivity index (χ2v) is 8.12. The smallest absolute Gasteiger partial charge is 0.273 e. The van der Waals surface area contributed by atoms with E-state index in [0.717, 1.165) is 0 Å². The van der Waals surface area contributed by atoms with Crippen molar-refractivity contribution in [3.63, 3.8) is 0 Å². The second-order valence-electron chi connectivity index (χ2n) is 8.12. The molecule has 3 rings (SSSR count). The standard InChI is InChI=1S/C20H26N4O4/c1-20(2,3)19(28)23-12-10-22(11-13-23)16(25)8-9-24-18(27)15-7-5-4-6-14(15)17(26)21-24/h4-7H,8-13H2,1-3H3,(H,21,26). The Kier molecular flexibility index (Phi) is 5.40. The molecule has 0 unspecified atom stereocenters. The molecule has 0 atom stereocenters. The first-order valence-corrected chi connectivity index (χ1v) is 9.47. The van der Waals surface area contributed by atoms with Crippen molar-refractivity contribution in [3.05, 3.63) is 45.0 Å². The lowest BCUT2D eigenvalue weighted by Crippen LogP contribution is -2.53. The molecule has 1 saturated heterocycles. The molecule has 1 aromatic carbocycles. The third-order valence-electron chi connectivity index (χ3n) is 4.99. The van der Waals surface area contributed by atoms with Crippen LogP contribution in [0.4, 0.5) is 0 Å². The number of fused-ring (bicyclic) bond motifs is 1. The molecule has 1 aromatic heterocycles. The molecule has 0 bridgehead atoms. The highest BCUT2D eigenvalue weighted by atomic mass is 16.2. The fourth-order valence-corrected chi connectivity index (χ4v) is 3.40. The van der Waals surface area contributed by atoms with Gasteiger partial charge in [0.2, 0.25) is 11.8 Å². The Morgan fingerprint density at radius 1 is 0.964 bits per heavy atom. The zero-order chi connectivity index (χ0) is 20.5. The Morgan fingerprint density at radius 3 is 2.14 bits per heavy atom. The van der Waals surface area contributed by atoms with Crippen LogP contribution in [0.15, 0.2) is 33.9 Å². The van der Waals surface area contributed by atoms with Crippen molar-refractivity contribution in [2.75, 3.05) is 26.2 Å². The number of H-pyrrole nitrogens is 1. The molecule has 1 N–H and O–H groups in total. The molecule has 2 amide bonds. The first-order chi connectivity index (χ1) is 13.2. The lowest BCUT2D eigenvalue weighted by atomic mass is 9.94. The summed E-state index contributed by atoms with van der Waals surface area (Å²) in [6.07, 6.45) is 0.113. The average Bonchev–Trinajstić information content (AvgIpc) is 2.68. The number of benzene rings is 1. The molecular formula is C20H26N4O4. The highest BCUT2D eigenvalue weighted by Crippen LogP contribution is 2.18. The molecule has 2 aromatic rings. The zero-order valence-electron chi connectivity index (χ0n) is 16.5. The summed E-state index contributed by atoms with van der Waals surface area (Å²) in [5, 5.41) is 3.22. The van der Waals surface area contributed by atoms with Crippen molar-refractivity contribution >= 4 is 22.6 Å². The van der Waals surface area contributed by atoms with Crippen molar-refractivity contribution in [1.29, 1.82) is 0 Å². The third kappa shape index (κ3) is 4.00. The van der Waals surface area contributed by atoms with E-state index in [2.05, 4.69) is 5.10 Å². The molecule has 8 heteroatoms. The van der Waals surface area contributed by atoms with Crippen LogP contribution in [-0.4, -0.2) is 57.6 Å². The van der Waals surface area contributed by atoms with E-state index < -0.39 is 5.41 Å². The van der Waals surface area contributed by atoms with Crippen molar-refractivity contribution in [2.24, 2.45) is 5.41 Å². The number of nitrogens with zero attached hydrogens (tertiary/aromatic N) is 3. The molecule has 0 aliphatic carbocycles. The number of nitrogens with one attached hydrogen (secondary N) is 1. The molecule has 1 aliphatic heterocycles. The van der Waals surface area contributed by atoms with Gasteiger partial charge < -0.3 is 9.80 Å². The zero-order valence-corrected chi connectivity index (χ0v) is 16.5. The number of hydrogen-bond acceptors (Lipinski definition) is 4. The van der Waals surface area contributed by atoms with Crippen LogP contribution < -0.4 is 11.1 Å². The van der Waals surface area contributed by atoms with Crippen LogP contribution in [0.3, 0.4) is 0 Å². The van der Waals surface area contributed by atoms with Crippen LogP contribution in [-0.2, 0) is 16.1 Å². The lowest BCUT2D eigenvalue weighted by Gasteiger charge is -2.37. The summed E-state index contributed by atoms with van der Waals surface area (Å²) >= 11 is 0. The van der Waals surface area contributed by atoms with E-state index >= 15 is 0 Å².